The molecule has 5 aromatic carbocycles. The lowest BCUT2D eigenvalue weighted by Crippen LogP contribution is -2.59. The molecular weight excluding hydrogens is 825 g/mol. The van der Waals surface area contributed by atoms with E-state index in [0.717, 1.165) is 38.7 Å². The molecule has 65 heavy (non-hydrogen) atoms. The second-order valence-electron chi connectivity index (χ2n) is 16.1. The number of rotatable bonds is 13. The van der Waals surface area contributed by atoms with Gasteiger partial charge in [0.25, 0.3) is 5.91 Å². The normalized spacial score (nSPS) is 18.5. The van der Waals surface area contributed by atoms with Crippen LogP contribution >= 0.6 is 0 Å². The molecular formula is C51H52N6O8. The predicted octanol–water partition coefficient (Wildman–Crippen LogP) is 4.81. The first-order valence-corrected chi connectivity index (χ1v) is 21.7. The molecule has 7 N–H and O–H groups in total. The smallest absolute Gasteiger partial charge is 0.303 e. The SMILES string of the molecule is O=C(O)CCCNC(=O)[C@@H]1Cc2ccc(cc2)OCC(=O)N[C@@H](Cc2c[nH]c3ccccc23)C(=O)N[C@H](Cc2ccc(-c3ccccc3)cc2)C(=O)N[C@@H](CCc2ccccc2)C(=O)N1. The lowest BCUT2D eigenvalue weighted by Gasteiger charge is -2.27. The highest BCUT2D eigenvalue weighted by molar-refractivity contribution is 5.96. The van der Waals surface area contributed by atoms with Crippen LogP contribution < -0.4 is 31.3 Å². The van der Waals surface area contributed by atoms with Gasteiger partial charge in [0.2, 0.25) is 23.6 Å². The number of nitrogens with one attached hydrogen (secondary N) is 6. The number of aliphatic carboxylic acids is 1. The van der Waals surface area contributed by atoms with E-state index < -0.39 is 66.3 Å². The highest BCUT2D eigenvalue weighted by Crippen LogP contribution is 2.22. The Balaban J connectivity index is 1.22. The first-order chi connectivity index (χ1) is 31.6. The standard InChI is InChI=1S/C51H52N6O8/c58-46-32-65-39-24-19-35(20-25-39)28-43(48(61)52-27-9-16-47(59)60)56-49(62)42(26-21-33-10-3-1-4-11-33)55-50(63)44(29-34-17-22-37(23-18-34)36-12-5-2-6-13-36)57-51(64)45(54-46)30-38-31-53-41-15-8-7-14-40(38)41/h1-8,10-15,17-20,22-25,31,42-45,53H,9,16,21,26-30,32H2,(H,52,61)(H,54,58)(H,55,63)(H,56,62)(H,57,64)(H,59,60)/t42-,43-,44+,45-/m0/s1. The van der Waals surface area contributed by atoms with Gasteiger partial charge < -0.3 is 41.4 Å². The van der Waals surface area contributed by atoms with Crippen molar-refractivity contribution in [3.05, 3.63) is 162 Å². The lowest BCUT2D eigenvalue weighted by atomic mass is 9.98. The van der Waals surface area contributed by atoms with Crippen molar-refractivity contribution in [3.8, 4) is 16.9 Å². The van der Waals surface area contributed by atoms with E-state index in [1.807, 2.05) is 109 Å². The number of para-hydroxylation sites is 1. The van der Waals surface area contributed by atoms with Gasteiger partial charge in [-0.25, -0.2) is 0 Å². The van der Waals surface area contributed by atoms with Crippen LogP contribution in [0.25, 0.3) is 22.0 Å². The molecule has 6 aromatic rings. The van der Waals surface area contributed by atoms with Gasteiger partial charge >= 0.3 is 5.97 Å². The summed E-state index contributed by atoms with van der Waals surface area (Å²) in [5.74, 6) is -3.66. The van der Waals surface area contributed by atoms with Crippen molar-refractivity contribution in [2.45, 2.75) is 69.1 Å². The highest BCUT2D eigenvalue weighted by atomic mass is 16.5. The Kier molecular flexibility index (Phi) is 15.4. The number of amides is 5. The largest absolute Gasteiger partial charge is 0.484 e. The number of hydrogen-bond donors (Lipinski definition) is 7. The average Bonchev–Trinajstić information content (AvgIpc) is 3.73. The summed E-state index contributed by atoms with van der Waals surface area (Å²) >= 11 is 0. The Morgan fingerprint density at radius 1 is 0.646 bits per heavy atom. The molecule has 4 atom stereocenters. The summed E-state index contributed by atoms with van der Waals surface area (Å²) in [6.07, 6.45) is 2.52. The molecule has 334 valence electrons. The number of ether oxygens (including phenoxy) is 1. The number of carboxylic acid groups (broad SMARTS) is 1. The maximum Gasteiger partial charge on any atom is 0.303 e. The number of hydrogen-bond acceptors (Lipinski definition) is 7. The fourth-order valence-corrected chi connectivity index (χ4v) is 7.81. The van der Waals surface area contributed by atoms with E-state index in [1.165, 1.54) is 0 Å². The van der Waals surface area contributed by atoms with Crippen molar-refractivity contribution in [1.82, 2.24) is 31.6 Å². The third-order valence-corrected chi connectivity index (χ3v) is 11.3. The number of aromatic amines is 1. The van der Waals surface area contributed by atoms with Crippen molar-refractivity contribution in [2.24, 2.45) is 0 Å². The number of fused-ring (bicyclic) bond motifs is 17. The number of benzene rings is 5. The van der Waals surface area contributed by atoms with Crippen LogP contribution in [0.4, 0.5) is 0 Å². The molecule has 14 nitrogen and oxygen atoms in total. The zero-order chi connectivity index (χ0) is 45.5. The van der Waals surface area contributed by atoms with Gasteiger partial charge in [-0.05, 0) is 70.8 Å². The van der Waals surface area contributed by atoms with Crippen LogP contribution in [-0.2, 0) is 54.5 Å². The van der Waals surface area contributed by atoms with Crippen molar-refractivity contribution in [3.63, 3.8) is 0 Å². The molecule has 14 heteroatoms. The van der Waals surface area contributed by atoms with Crippen LogP contribution in [0.1, 0.15) is 41.5 Å². The van der Waals surface area contributed by atoms with E-state index in [0.29, 0.717) is 17.7 Å². The Labute approximate surface area is 376 Å². The highest BCUT2D eigenvalue weighted by Gasteiger charge is 2.32. The van der Waals surface area contributed by atoms with Gasteiger partial charge in [-0.3, -0.25) is 28.8 Å². The number of carbonyl (C=O) groups excluding carboxylic acids is 5. The fraction of sp³-hybridized carbons (Fsp3) is 0.255. The summed E-state index contributed by atoms with van der Waals surface area (Å²) in [5, 5.41) is 24.3. The lowest BCUT2D eigenvalue weighted by molar-refractivity contribution is -0.137. The Bertz CT molecular complexity index is 2580. The first kappa shape index (κ1) is 45.3. The van der Waals surface area contributed by atoms with Crippen molar-refractivity contribution >= 4 is 46.4 Å². The topological polar surface area (TPSA) is 208 Å². The molecule has 0 aliphatic carbocycles. The molecule has 0 fully saturated rings. The molecule has 0 radical (unpaired) electrons. The molecule has 2 aliphatic heterocycles. The maximum atomic E-state index is 14.7. The number of carboxylic acids is 1. The van der Waals surface area contributed by atoms with Gasteiger partial charge in [0.05, 0.1) is 0 Å². The minimum atomic E-state index is -1.22. The molecule has 2 bridgehead atoms. The van der Waals surface area contributed by atoms with Crippen LogP contribution in [0.2, 0.25) is 0 Å². The summed E-state index contributed by atoms with van der Waals surface area (Å²) in [6, 6.07) is 36.5. The van der Waals surface area contributed by atoms with Gasteiger partial charge in [-0.2, -0.15) is 0 Å². The van der Waals surface area contributed by atoms with Crippen LogP contribution in [-0.4, -0.2) is 82.9 Å². The summed E-state index contributed by atoms with van der Waals surface area (Å²) < 4.78 is 5.83. The number of aryl methyl sites for hydroxylation is 1. The van der Waals surface area contributed by atoms with Gasteiger partial charge in [-0.1, -0.05) is 115 Å². The van der Waals surface area contributed by atoms with E-state index in [4.69, 9.17) is 9.84 Å². The Morgan fingerprint density at radius 2 is 1.28 bits per heavy atom. The second kappa shape index (κ2) is 22.1. The van der Waals surface area contributed by atoms with Gasteiger partial charge in [0.15, 0.2) is 6.61 Å². The summed E-state index contributed by atoms with van der Waals surface area (Å²) in [7, 11) is 0. The fourth-order valence-electron chi connectivity index (χ4n) is 7.81. The third-order valence-electron chi connectivity index (χ3n) is 11.3. The number of carbonyl (C=O) groups is 6. The molecule has 5 amide bonds. The van der Waals surface area contributed by atoms with Crippen LogP contribution in [0.3, 0.4) is 0 Å². The zero-order valence-corrected chi connectivity index (χ0v) is 35.8. The van der Waals surface area contributed by atoms with E-state index in [2.05, 4.69) is 31.6 Å². The van der Waals surface area contributed by atoms with E-state index in [9.17, 15) is 28.8 Å². The number of H-pyrrole nitrogens is 1. The number of aromatic nitrogens is 1. The molecule has 0 unspecified atom stereocenters. The minimum Gasteiger partial charge on any atom is -0.484 e. The van der Waals surface area contributed by atoms with Crippen molar-refractivity contribution < 1.29 is 38.6 Å². The monoisotopic (exact) mass is 876 g/mol. The van der Waals surface area contributed by atoms with Gasteiger partial charge in [0, 0.05) is 49.3 Å². The minimum absolute atomic E-state index is 0.0336. The molecule has 0 saturated carbocycles. The summed E-state index contributed by atoms with van der Waals surface area (Å²) in [4.78, 5) is 85.3. The molecule has 2 aliphatic rings. The quantitative estimate of drug-likeness (QED) is 0.0632. The molecule has 0 saturated heterocycles. The van der Waals surface area contributed by atoms with E-state index in [1.54, 1.807) is 30.5 Å². The Morgan fingerprint density at radius 3 is 2.00 bits per heavy atom. The molecule has 8 rings (SSSR count). The van der Waals surface area contributed by atoms with Gasteiger partial charge in [0.1, 0.15) is 29.9 Å². The van der Waals surface area contributed by atoms with E-state index in [-0.39, 0.29) is 45.1 Å². The molecule has 1 aromatic heterocycles. The van der Waals surface area contributed by atoms with Crippen LogP contribution in [0.15, 0.2) is 140 Å². The maximum absolute atomic E-state index is 14.7. The van der Waals surface area contributed by atoms with Crippen molar-refractivity contribution in [2.75, 3.05) is 13.2 Å². The predicted molar refractivity (Wildman–Crippen MR) is 246 cm³/mol. The summed E-state index contributed by atoms with van der Waals surface area (Å²) in [5.41, 5.74) is 5.89. The zero-order valence-electron chi connectivity index (χ0n) is 35.8. The average molecular weight is 877 g/mol. The van der Waals surface area contributed by atoms with Crippen LogP contribution in [0.5, 0.6) is 5.75 Å². The van der Waals surface area contributed by atoms with Crippen LogP contribution in [0, 0.1) is 0 Å². The molecule has 3 heterocycles. The second-order valence-corrected chi connectivity index (χ2v) is 16.1. The summed E-state index contributed by atoms with van der Waals surface area (Å²) in [6.45, 7) is -0.356. The Hall–Kier alpha value is -7.74. The third kappa shape index (κ3) is 12.9. The first-order valence-electron chi connectivity index (χ1n) is 21.7. The van der Waals surface area contributed by atoms with E-state index >= 15 is 0 Å². The molecule has 0 spiro atoms. The van der Waals surface area contributed by atoms with Crippen molar-refractivity contribution in [1.29, 1.82) is 0 Å². The van der Waals surface area contributed by atoms with Gasteiger partial charge in [-0.15, -0.1) is 0 Å².